The second kappa shape index (κ2) is 4.91. The highest BCUT2D eigenvalue weighted by atomic mass is 35.5. The van der Waals surface area contributed by atoms with Gasteiger partial charge < -0.3 is 9.84 Å². The lowest BCUT2D eigenvalue weighted by molar-refractivity contribution is 0.144. The number of ether oxygens (including phenoxy) is 1. The average Bonchev–Trinajstić information content (AvgIpc) is 2.85. The quantitative estimate of drug-likeness (QED) is 0.699. The number of halogens is 1. The molecule has 0 radical (unpaired) electrons. The van der Waals surface area contributed by atoms with E-state index < -0.39 is 6.16 Å². The molecule has 0 aliphatic heterocycles. The van der Waals surface area contributed by atoms with Crippen molar-refractivity contribution in [2.45, 2.75) is 0 Å². The fourth-order valence-corrected chi connectivity index (χ4v) is 1.95. The fraction of sp³-hybridized carbons (Fsp3) is 0. The van der Waals surface area contributed by atoms with Crippen LogP contribution in [-0.2, 0) is 0 Å². The molecule has 9 heteroatoms. The lowest BCUT2D eigenvalue weighted by Gasteiger charge is -2.02. The van der Waals surface area contributed by atoms with Crippen LogP contribution in [0.4, 0.5) is 4.79 Å². The van der Waals surface area contributed by atoms with E-state index in [9.17, 15) is 9.59 Å². The minimum atomic E-state index is -1.46. The summed E-state index contributed by atoms with van der Waals surface area (Å²) in [6.07, 6.45) is 1.01. The number of aromatic amines is 1. The Morgan fingerprint density at radius 1 is 1.43 bits per heavy atom. The van der Waals surface area contributed by atoms with Crippen molar-refractivity contribution in [3.63, 3.8) is 0 Å². The van der Waals surface area contributed by atoms with Gasteiger partial charge in [-0.2, -0.15) is 5.10 Å². The Morgan fingerprint density at radius 2 is 2.24 bits per heavy atom. The normalized spacial score (nSPS) is 10.7. The molecule has 0 unspecified atom stereocenters. The zero-order valence-electron chi connectivity index (χ0n) is 10.3. The molecule has 21 heavy (non-hydrogen) atoms. The number of hydrogen-bond donors (Lipinski definition) is 2. The summed E-state index contributed by atoms with van der Waals surface area (Å²) in [7, 11) is 0. The molecule has 0 bridgehead atoms. The second-order valence-corrected chi connectivity index (χ2v) is 4.48. The minimum Gasteiger partial charge on any atom is -0.449 e. The molecule has 0 aliphatic carbocycles. The zero-order chi connectivity index (χ0) is 15.0. The first-order chi connectivity index (χ1) is 10.0. The van der Waals surface area contributed by atoms with Gasteiger partial charge in [-0.15, -0.1) is 0 Å². The van der Waals surface area contributed by atoms with Gasteiger partial charge in [0.2, 0.25) is 5.95 Å². The van der Waals surface area contributed by atoms with Crippen molar-refractivity contribution in [2.24, 2.45) is 0 Å². The summed E-state index contributed by atoms with van der Waals surface area (Å²) >= 11 is 5.87. The van der Waals surface area contributed by atoms with E-state index >= 15 is 0 Å². The smallest absolute Gasteiger partial charge is 0.449 e. The first kappa shape index (κ1) is 13.1. The molecule has 3 aromatic rings. The third-order valence-corrected chi connectivity index (χ3v) is 2.87. The molecule has 8 nitrogen and oxygen atoms in total. The van der Waals surface area contributed by atoms with Crippen LogP contribution in [-0.4, -0.2) is 31.0 Å². The number of nitrogens with zero attached hydrogens (tertiary/aromatic N) is 3. The maximum atomic E-state index is 12.0. The van der Waals surface area contributed by atoms with E-state index in [0.29, 0.717) is 15.9 Å². The zero-order valence-corrected chi connectivity index (χ0v) is 11.0. The van der Waals surface area contributed by atoms with Gasteiger partial charge in [-0.25, -0.2) is 14.5 Å². The number of benzene rings is 1. The molecule has 0 atom stereocenters. The number of carbonyl (C=O) groups is 1. The highest BCUT2D eigenvalue weighted by molar-refractivity contribution is 6.31. The van der Waals surface area contributed by atoms with E-state index in [2.05, 4.69) is 19.8 Å². The number of nitrogens with one attached hydrogen (secondary N) is 1. The maximum Gasteiger partial charge on any atom is 0.511 e. The third kappa shape index (κ3) is 2.56. The van der Waals surface area contributed by atoms with Gasteiger partial charge in [-0.1, -0.05) is 11.6 Å². The first-order valence-electron chi connectivity index (χ1n) is 5.68. The Hall–Kier alpha value is -2.87. The SMILES string of the molecule is O=C(O)Oc1cnn(-c2nc3cc(Cl)ccc3c(=O)[nH]2)c1. The molecule has 106 valence electrons. The van der Waals surface area contributed by atoms with Crippen LogP contribution in [0, 0.1) is 0 Å². The lowest BCUT2D eigenvalue weighted by Crippen LogP contribution is -2.13. The molecule has 0 saturated heterocycles. The van der Waals surface area contributed by atoms with E-state index in [1.165, 1.54) is 17.1 Å². The van der Waals surface area contributed by atoms with E-state index in [1.54, 1.807) is 18.2 Å². The van der Waals surface area contributed by atoms with Gasteiger partial charge in [0, 0.05) is 5.02 Å². The van der Waals surface area contributed by atoms with Crippen molar-refractivity contribution in [3.05, 3.63) is 46.0 Å². The fourth-order valence-electron chi connectivity index (χ4n) is 1.78. The molecule has 2 aromatic heterocycles. The molecule has 2 heterocycles. The summed E-state index contributed by atoms with van der Waals surface area (Å²) in [6, 6.07) is 4.70. The number of H-pyrrole nitrogens is 1. The van der Waals surface area contributed by atoms with E-state index in [4.69, 9.17) is 16.7 Å². The van der Waals surface area contributed by atoms with Crippen LogP contribution in [0.2, 0.25) is 5.02 Å². The number of rotatable bonds is 2. The summed E-state index contributed by atoms with van der Waals surface area (Å²) in [5.74, 6) is 0.131. The van der Waals surface area contributed by atoms with Gasteiger partial charge in [-0.05, 0) is 18.2 Å². The van der Waals surface area contributed by atoms with Gasteiger partial charge in [-0.3, -0.25) is 9.78 Å². The van der Waals surface area contributed by atoms with E-state index in [0.717, 1.165) is 0 Å². The second-order valence-electron chi connectivity index (χ2n) is 4.04. The molecular weight excluding hydrogens is 300 g/mol. The van der Waals surface area contributed by atoms with Crippen LogP contribution in [0.25, 0.3) is 16.9 Å². The summed E-state index contributed by atoms with van der Waals surface area (Å²) in [5.41, 5.74) is 0.0420. The molecule has 3 rings (SSSR count). The monoisotopic (exact) mass is 306 g/mol. The highest BCUT2D eigenvalue weighted by Gasteiger charge is 2.09. The van der Waals surface area contributed by atoms with Crippen molar-refractivity contribution in [1.82, 2.24) is 19.7 Å². The molecule has 0 spiro atoms. The predicted octanol–water partition coefficient (Wildman–Crippen LogP) is 1.82. The average molecular weight is 307 g/mol. The Kier molecular flexibility index (Phi) is 3.07. The molecular formula is C12H7ClN4O4. The Balaban J connectivity index is 2.10. The summed E-state index contributed by atoms with van der Waals surface area (Å²) in [6.45, 7) is 0. The molecule has 0 saturated carbocycles. The van der Waals surface area contributed by atoms with Crippen molar-refractivity contribution >= 4 is 28.7 Å². The summed E-state index contributed by atoms with van der Waals surface area (Å²) in [4.78, 5) is 29.2. The molecule has 2 N–H and O–H groups in total. The third-order valence-electron chi connectivity index (χ3n) is 2.64. The minimum absolute atomic E-state index is 0.0105. The first-order valence-corrected chi connectivity index (χ1v) is 6.06. The van der Waals surface area contributed by atoms with Crippen LogP contribution in [0.5, 0.6) is 5.75 Å². The number of fused-ring (bicyclic) bond motifs is 1. The molecule has 0 aliphatic rings. The number of aromatic nitrogens is 4. The standard InChI is InChI=1S/C12H7ClN4O4/c13-6-1-2-8-9(3-6)15-11(16-10(8)18)17-5-7(4-14-17)21-12(19)20/h1-5H,(H,19,20)(H,15,16,18). The van der Waals surface area contributed by atoms with Gasteiger partial charge in [0.25, 0.3) is 5.56 Å². The topological polar surface area (TPSA) is 110 Å². The lowest BCUT2D eigenvalue weighted by atomic mass is 10.2. The van der Waals surface area contributed by atoms with Crippen molar-refractivity contribution in [1.29, 1.82) is 0 Å². The van der Waals surface area contributed by atoms with Crippen LogP contribution in [0.15, 0.2) is 35.4 Å². The van der Waals surface area contributed by atoms with E-state index in [1.807, 2.05) is 0 Å². The summed E-state index contributed by atoms with van der Waals surface area (Å²) in [5, 5.41) is 13.2. The Morgan fingerprint density at radius 3 is 3.00 bits per heavy atom. The van der Waals surface area contributed by atoms with Crippen LogP contribution in [0.3, 0.4) is 0 Å². The Bertz CT molecular complexity index is 902. The van der Waals surface area contributed by atoms with Crippen molar-refractivity contribution < 1.29 is 14.6 Å². The molecule has 1 aromatic carbocycles. The number of hydrogen-bond acceptors (Lipinski definition) is 5. The largest absolute Gasteiger partial charge is 0.511 e. The predicted molar refractivity (Wildman–Crippen MR) is 73.1 cm³/mol. The van der Waals surface area contributed by atoms with Crippen molar-refractivity contribution in [2.75, 3.05) is 0 Å². The van der Waals surface area contributed by atoms with Crippen LogP contribution >= 0.6 is 11.6 Å². The van der Waals surface area contributed by atoms with Gasteiger partial charge in [0.15, 0.2) is 5.75 Å². The number of carboxylic acid groups (broad SMARTS) is 1. The summed E-state index contributed by atoms with van der Waals surface area (Å²) < 4.78 is 5.64. The van der Waals surface area contributed by atoms with E-state index in [-0.39, 0.29) is 17.3 Å². The van der Waals surface area contributed by atoms with Crippen LogP contribution < -0.4 is 10.3 Å². The van der Waals surface area contributed by atoms with Crippen molar-refractivity contribution in [3.8, 4) is 11.7 Å². The molecule has 0 fully saturated rings. The Labute approximate surface area is 121 Å². The van der Waals surface area contributed by atoms with Gasteiger partial charge >= 0.3 is 6.16 Å². The maximum absolute atomic E-state index is 12.0. The highest BCUT2D eigenvalue weighted by Crippen LogP contribution is 2.16. The van der Waals surface area contributed by atoms with Gasteiger partial charge in [0.1, 0.15) is 0 Å². The molecule has 0 amide bonds. The van der Waals surface area contributed by atoms with Crippen LogP contribution in [0.1, 0.15) is 0 Å². The van der Waals surface area contributed by atoms with Gasteiger partial charge in [0.05, 0.1) is 23.3 Å².